The van der Waals surface area contributed by atoms with E-state index in [1.807, 2.05) is 18.2 Å². The Balaban J connectivity index is 1.66. The minimum absolute atomic E-state index is 0.114. The lowest BCUT2D eigenvalue weighted by Crippen LogP contribution is -2.25. The topological polar surface area (TPSA) is 50.5 Å². The third-order valence-electron chi connectivity index (χ3n) is 4.35. The average Bonchev–Trinajstić information content (AvgIpc) is 3.12. The summed E-state index contributed by atoms with van der Waals surface area (Å²) in [5, 5.41) is -0.285. The molecule has 0 spiro atoms. The number of nitrogens with zero attached hydrogens (tertiary/aromatic N) is 1. The fourth-order valence-corrected chi connectivity index (χ4v) is 5.66. The molecule has 5 heteroatoms. The van der Waals surface area contributed by atoms with Crippen molar-refractivity contribution < 1.29 is 12.8 Å². The van der Waals surface area contributed by atoms with Crippen LogP contribution in [0.25, 0.3) is 0 Å². The third kappa shape index (κ3) is 1.66. The predicted octanol–water partition coefficient (Wildman–Crippen LogP) is 2.03. The molecule has 4 rings (SSSR count). The summed E-state index contributed by atoms with van der Waals surface area (Å²) in [7, 11) is -3.16. The Morgan fingerprint density at radius 3 is 2.85 bits per heavy atom. The maximum atomic E-state index is 12.6. The molecule has 0 aliphatic carbocycles. The normalized spacial score (nSPS) is 27.4. The standard InChI is InChI=1S/C15H15NO3S/c17-20(18)14-4-2-1-3-12(14)13-8-16(9-15(13)20)7-11-5-6-19-10-11/h1-6,10,13,15H,7-9H2/t13-,15+/m0/s1. The second kappa shape index (κ2) is 4.20. The molecule has 2 atom stereocenters. The van der Waals surface area contributed by atoms with Gasteiger partial charge in [0.05, 0.1) is 22.7 Å². The van der Waals surface area contributed by atoms with Crippen LogP contribution < -0.4 is 0 Å². The summed E-state index contributed by atoms with van der Waals surface area (Å²) < 4.78 is 30.2. The van der Waals surface area contributed by atoms with Crippen molar-refractivity contribution >= 4 is 9.84 Å². The second-order valence-corrected chi connectivity index (χ2v) is 7.69. The van der Waals surface area contributed by atoms with Crippen molar-refractivity contribution in [2.75, 3.05) is 13.1 Å². The van der Waals surface area contributed by atoms with Gasteiger partial charge in [0.15, 0.2) is 9.84 Å². The summed E-state index contributed by atoms with van der Waals surface area (Å²) in [6.07, 6.45) is 3.37. The largest absolute Gasteiger partial charge is 0.472 e. The lowest BCUT2D eigenvalue weighted by molar-refractivity contribution is 0.324. The fraction of sp³-hybridized carbons (Fsp3) is 0.333. The summed E-state index contributed by atoms with van der Waals surface area (Å²) in [6, 6.07) is 9.36. The summed E-state index contributed by atoms with van der Waals surface area (Å²) in [4.78, 5) is 2.74. The van der Waals surface area contributed by atoms with Gasteiger partial charge in [0, 0.05) is 31.1 Å². The van der Waals surface area contributed by atoms with Crippen LogP contribution in [0.5, 0.6) is 0 Å². The summed E-state index contributed by atoms with van der Waals surface area (Å²) >= 11 is 0. The Hall–Kier alpha value is -1.59. The van der Waals surface area contributed by atoms with Gasteiger partial charge in [0.2, 0.25) is 0 Å². The fourth-order valence-electron chi connectivity index (χ4n) is 3.44. The van der Waals surface area contributed by atoms with Gasteiger partial charge in [-0.3, -0.25) is 4.90 Å². The van der Waals surface area contributed by atoms with Crippen molar-refractivity contribution in [1.29, 1.82) is 0 Å². The van der Waals surface area contributed by atoms with Gasteiger partial charge in [-0.1, -0.05) is 18.2 Å². The van der Waals surface area contributed by atoms with Gasteiger partial charge in [-0.25, -0.2) is 8.42 Å². The molecule has 0 N–H and O–H groups in total. The minimum atomic E-state index is -3.16. The molecule has 1 aromatic carbocycles. The molecule has 4 nitrogen and oxygen atoms in total. The Bertz CT molecular complexity index is 736. The van der Waals surface area contributed by atoms with Crippen LogP contribution in [0, 0.1) is 0 Å². The van der Waals surface area contributed by atoms with Gasteiger partial charge in [0.1, 0.15) is 0 Å². The molecule has 0 radical (unpaired) electrons. The van der Waals surface area contributed by atoms with E-state index < -0.39 is 9.84 Å². The minimum Gasteiger partial charge on any atom is -0.472 e. The summed E-state index contributed by atoms with van der Waals surface area (Å²) in [5.41, 5.74) is 2.09. The van der Waals surface area contributed by atoms with Crippen molar-refractivity contribution in [3.8, 4) is 0 Å². The number of rotatable bonds is 2. The monoisotopic (exact) mass is 289 g/mol. The smallest absolute Gasteiger partial charge is 0.183 e. The zero-order valence-electron chi connectivity index (χ0n) is 10.9. The first-order valence-corrected chi connectivity index (χ1v) is 8.27. The van der Waals surface area contributed by atoms with E-state index in [9.17, 15) is 8.42 Å². The molecule has 1 saturated heterocycles. The molecule has 0 unspecified atom stereocenters. The molecule has 0 bridgehead atoms. The lowest BCUT2D eigenvalue weighted by Gasteiger charge is -2.15. The highest BCUT2D eigenvalue weighted by atomic mass is 32.2. The van der Waals surface area contributed by atoms with E-state index >= 15 is 0 Å². The van der Waals surface area contributed by atoms with Gasteiger partial charge < -0.3 is 4.42 Å². The first kappa shape index (κ1) is 12.2. The summed E-state index contributed by atoms with van der Waals surface area (Å²) in [5.74, 6) is 0.114. The van der Waals surface area contributed by atoms with E-state index in [4.69, 9.17) is 4.42 Å². The second-order valence-electron chi connectivity index (χ2n) is 5.55. The Kier molecular flexibility index (Phi) is 2.56. The molecular weight excluding hydrogens is 274 g/mol. The first-order valence-electron chi connectivity index (χ1n) is 6.72. The van der Waals surface area contributed by atoms with Crippen molar-refractivity contribution in [3.05, 3.63) is 54.0 Å². The van der Waals surface area contributed by atoms with Crippen molar-refractivity contribution in [1.82, 2.24) is 4.90 Å². The highest BCUT2D eigenvalue weighted by molar-refractivity contribution is 7.92. The number of furan rings is 1. The third-order valence-corrected chi connectivity index (χ3v) is 6.61. The molecule has 104 valence electrons. The number of hydrogen-bond donors (Lipinski definition) is 0. The molecule has 20 heavy (non-hydrogen) atoms. The Labute approximate surface area is 117 Å². The van der Waals surface area contributed by atoms with E-state index in [2.05, 4.69) is 4.90 Å². The highest BCUT2D eigenvalue weighted by Crippen LogP contribution is 2.44. The molecule has 0 amide bonds. The van der Waals surface area contributed by atoms with Gasteiger partial charge in [-0.15, -0.1) is 0 Å². The van der Waals surface area contributed by atoms with Crippen LogP contribution in [0.15, 0.2) is 52.2 Å². The maximum absolute atomic E-state index is 12.6. The van der Waals surface area contributed by atoms with Gasteiger partial charge in [0.25, 0.3) is 0 Å². The van der Waals surface area contributed by atoms with E-state index in [1.54, 1.807) is 24.7 Å². The van der Waals surface area contributed by atoms with E-state index in [0.29, 0.717) is 11.4 Å². The van der Waals surface area contributed by atoms with Crippen LogP contribution in [0.3, 0.4) is 0 Å². The van der Waals surface area contributed by atoms with Crippen molar-refractivity contribution in [2.24, 2.45) is 0 Å². The quantitative estimate of drug-likeness (QED) is 0.849. The predicted molar refractivity (Wildman–Crippen MR) is 74.1 cm³/mol. The Morgan fingerprint density at radius 1 is 1.20 bits per heavy atom. The number of benzene rings is 1. The van der Waals surface area contributed by atoms with E-state index in [-0.39, 0.29) is 11.2 Å². The SMILES string of the molecule is O=S1(=O)c2ccccc2[C@@H]2CN(Cc3ccoc3)C[C@H]21. The zero-order chi connectivity index (χ0) is 13.7. The highest BCUT2D eigenvalue weighted by Gasteiger charge is 2.49. The lowest BCUT2D eigenvalue weighted by atomic mass is 9.99. The van der Waals surface area contributed by atoms with Crippen LogP contribution in [-0.4, -0.2) is 31.7 Å². The Morgan fingerprint density at radius 2 is 2.05 bits per heavy atom. The number of fused-ring (bicyclic) bond motifs is 3. The van der Waals surface area contributed by atoms with Crippen LogP contribution in [0.4, 0.5) is 0 Å². The van der Waals surface area contributed by atoms with Gasteiger partial charge >= 0.3 is 0 Å². The van der Waals surface area contributed by atoms with Crippen LogP contribution in [0.2, 0.25) is 0 Å². The van der Waals surface area contributed by atoms with Crippen LogP contribution in [0.1, 0.15) is 17.0 Å². The molecule has 2 aliphatic heterocycles. The zero-order valence-corrected chi connectivity index (χ0v) is 11.7. The maximum Gasteiger partial charge on any atom is 0.183 e. The van der Waals surface area contributed by atoms with Gasteiger partial charge in [-0.05, 0) is 17.7 Å². The summed E-state index contributed by atoms with van der Waals surface area (Å²) in [6.45, 7) is 2.15. The molecule has 2 aliphatic rings. The molecule has 2 aromatic rings. The molecule has 0 saturated carbocycles. The number of hydrogen-bond acceptors (Lipinski definition) is 4. The van der Waals surface area contributed by atoms with Gasteiger partial charge in [-0.2, -0.15) is 0 Å². The average molecular weight is 289 g/mol. The number of sulfone groups is 1. The van der Waals surface area contributed by atoms with E-state index in [0.717, 1.165) is 24.2 Å². The van der Waals surface area contributed by atoms with Crippen molar-refractivity contribution in [3.63, 3.8) is 0 Å². The van der Waals surface area contributed by atoms with E-state index in [1.165, 1.54) is 0 Å². The van der Waals surface area contributed by atoms with Crippen LogP contribution >= 0.6 is 0 Å². The molecule has 1 fully saturated rings. The molecule has 1 aromatic heterocycles. The first-order chi connectivity index (χ1) is 9.66. The van der Waals surface area contributed by atoms with Crippen molar-refractivity contribution in [2.45, 2.75) is 22.6 Å². The molecular formula is C15H15NO3S. The molecule has 3 heterocycles. The number of likely N-dealkylation sites (tertiary alicyclic amines) is 1. The van der Waals surface area contributed by atoms with Crippen LogP contribution in [-0.2, 0) is 16.4 Å².